The topological polar surface area (TPSA) is 83.4 Å². The molecule has 2 rings (SSSR count). The number of nitrogens with zero attached hydrogens (tertiary/aromatic N) is 5. The van der Waals surface area contributed by atoms with Gasteiger partial charge in [-0.2, -0.15) is 5.10 Å². The van der Waals surface area contributed by atoms with E-state index in [4.69, 9.17) is 0 Å². The SMILES string of the molecule is CCN(CC)C(=O)C1CCCN(C(=O)NCCn2cncn2)C1. The van der Waals surface area contributed by atoms with Gasteiger partial charge >= 0.3 is 6.03 Å². The minimum atomic E-state index is -0.109. The Morgan fingerprint density at radius 3 is 2.78 bits per heavy atom. The van der Waals surface area contributed by atoms with E-state index in [1.54, 1.807) is 15.9 Å². The summed E-state index contributed by atoms with van der Waals surface area (Å²) in [5.41, 5.74) is 0. The fourth-order valence-electron chi connectivity index (χ4n) is 2.89. The van der Waals surface area contributed by atoms with Gasteiger partial charge in [-0.3, -0.25) is 9.48 Å². The Morgan fingerprint density at radius 2 is 2.13 bits per heavy atom. The monoisotopic (exact) mass is 322 g/mol. The molecule has 2 heterocycles. The third-order valence-corrected chi connectivity index (χ3v) is 4.22. The molecule has 1 aromatic rings. The standard InChI is InChI=1S/C15H26N6O2/c1-3-19(4-2)14(22)13-6-5-8-20(10-13)15(23)17-7-9-21-12-16-11-18-21/h11-13H,3-10H2,1-2H3,(H,17,23). The zero-order chi connectivity index (χ0) is 16.7. The van der Waals surface area contributed by atoms with E-state index >= 15 is 0 Å². The molecule has 1 atom stereocenters. The van der Waals surface area contributed by atoms with Gasteiger partial charge < -0.3 is 15.1 Å². The minimum Gasteiger partial charge on any atom is -0.343 e. The number of likely N-dealkylation sites (tertiary alicyclic amines) is 1. The Labute approximate surface area is 136 Å². The Morgan fingerprint density at radius 1 is 1.35 bits per heavy atom. The molecule has 1 N–H and O–H groups in total. The maximum atomic E-state index is 12.4. The predicted molar refractivity (Wildman–Crippen MR) is 85.6 cm³/mol. The number of hydrogen-bond acceptors (Lipinski definition) is 4. The molecule has 0 aromatic carbocycles. The van der Waals surface area contributed by atoms with Gasteiger partial charge in [-0.15, -0.1) is 0 Å². The Hall–Kier alpha value is -2.12. The summed E-state index contributed by atoms with van der Waals surface area (Å²) in [5, 5.41) is 6.87. The van der Waals surface area contributed by atoms with E-state index in [1.165, 1.54) is 6.33 Å². The normalized spacial score (nSPS) is 17.8. The van der Waals surface area contributed by atoms with Crippen LogP contribution in [0.15, 0.2) is 12.7 Å². The molecule has 0 saturated carbocycles. The van der Waals surface area contributed by atoms with Crippen LogP contribution in [0.25, 0.3) is 0 Å². The van der Waals surface area contributed by atoms with Gasteiger partial charge in [-0.1, -0.05) is 0 Å². The first kappa shape index (κ1) is 17.2. The van der Waals surface area contributed by atoms with Gasteiger partial charge in [0.1, 0.15) is 12.7 Å². The number of rotatable bonds is 6. The first-order valence-electron chi connectivity index (χ1n) is 8.29. The number of amides is 3. The van der Waals surface area contributed by atoms with Crippen molar-refractivity contribution in [3.8, 4) is 0 Å². The minimum absolute atomic E-state index is 0.0790. The summed E-state index contributed by atoms with van der Waals surface area (Å²) in [4.78, 5) is 32.1. The molecule has 1 saturated heterocycles. The summed E-state index contributed by atoms with van der Waals surface area (Å²) in [6.07, 6.45) is 4.81. The summed E-state index contributed by atoms with van der Waals surface area (Å²) in [5.74, 6) is 0.0832. The second-order valence-corrected chi connectivity index (χ2v) is 5.69. The van der Waals surface area contributed by atoms with E-state index < -0.39 is 0 Å². The lowest BCUT2D eigenvalue weighted by atomic mass is 9.96. The van der Waals surface area contributed by atoms with Crippen molar-refractivity contribution in [3.05, 3.63) is 12.7 Å². The highest BCUT2D eigenvalue weighted by Crippen LogP contribution is 2.19. The molecule has 0 spiro atoms. The second-order valence-electron chi connectivity index (χ2n) is 5.69. The molecular weight excluding hydrogens is 296 g/mol. The molecule has 128 valence electrons. The summed E-state index contributed by atoms with van der Waals surface area (Å²) < 4.78 is 1.67. The van der Waals surface area contributed by atoms with Crippen molar-refractivity contribution in [3.63, 3.8) is 0 Å². The molecule has 3 amide bonds. The molecule has 1 aromatic heterocycles. The van der Waals surface area contributed by atoms with Crippen molar-refractivity contribution in [1.29, 1.82) is 0 Å². The molecule has 0 aliphatic carbocycles. The Bertz CT molecular complexity index is 500. The van der Waals surface area contributed by atoms with Gasteiger partial charge in [0.25, 0.3) is 0 Å². The van der Waals surface area contributed by atoms with Crippen LogP contribution in [0.1, 0.15) is 26.7 Å². The first-order chi connectivity index (χ1) is 11.2. The highest BCUT2D eigenvalue weighted by atomic mass is 16.2. The average molecular weight is 322 g/mol. The first-order valence-corrected chi connectivity index (χ1v) is 8.29. The zero-order valence-electron chi connectivity index (χ0n) is 13.9. The predicted octanol–water partition coefficient (Wildman–Crippen LogP) is 0.568. The van der Waals surface area contributed by atoms with E-state index in [9.17, 15) is 9.59 Å². The Kier molecular flexibility index (Phi) is 6.37. The van der Waals surface area contributed by atoms with Crippen molar-refractivity contribution < 1.29 is 9.59 Å². The highest BCUT2D eigenvalue weighted by molar-refractivity contribution is 5.81. The second kappa shape index (κ2) is 8.50. The van der Waals surface area contributed by atoms with Crippen LogP contribution in [-0.2, 0) is 11.3 Å². The molecule has 0 radical (unpaired) electrons. The van der Waals surface area contributed by atoms with E-state index in [1.807, 2.05) is 18.7 Å². The number of aromatic nitrogens is 3. The van der Waals surface area contributed by atoms with Crippen LogP contribution in [0.4, 0.5) is 4.79 Å². The number of hydrogen-bond donors (Lipinski definition) is 1. The number of carbonyl (C=O) groups excluding carboxylic acids is 2. The van der Waals surface area contributed by atoms with Crippen LogP contribution >= 0.6 is 0 Å². The molecule has 23 heavy (non-hydrogen) atoms. The smallest absolute Gasteiger partial charge is 0.317 e. The van der Waals surface area contributed by atoms with Crippen LogP contribution in [-0.4, -0.2) is 69.2 Å². The van der Waals surface area contributed by atoms with Crippen molar-refractivity contribution in [2.24, 2.45) is 5.92 Å². The van der Waals surface area contributed by atoms with Gasteiger partial charge in [0.05, 0.1) is 12.5 Å². The number of piperidine rings is 1. The van der Waals surface area contributed by atoms with Crippen LogP contribution in [0.2, 0.25) is 0 Å². The maximum absolute atomic E-state index is 12.4. The van der Waals surface area contributed by atoms with E-state index in [2.05, 4.69) is 15.4 Å². The lowest BCUT2D eigenvalue weighted by Gasteiger charge is -2.34. The summed E-state index contributed by atoms with van der Waals surface area (Å²) in [6.45, 7) is 7.69. The largest absolute Gasteiger partial charge is 0.343 e. The third kappa shape index (κ3) is 4.67. The molecule has 8 nitrogen and oxygen atoms in total. The third-order valence-electron chi connectivity index (χ3n) is 4.22. The molecule has 1 unspecified atom stereocenters. The molecular formula is C15H26N6O2. The van der Waals surface area contributed by atoms with Crippen LogP contribution < -0.4 is 5.32 Å². The van der Waals surface area contributed by atoms with Crippen molar-refractivity contribution in [2.45, 2.75) is 33.2 Å². The van der Waals surface area contributed by atoms with Crippen LogP contribution in [0.3, 0.4) is 0 Å². The number of carbonyl (C=O) groups is 2. The average Bonchev–Trinajstić information content (AvgIpc) is 3.09. The van der Waals surface area contributed by atoms with Crippen molar-refractivity contribution in [2.75, 3.05) is 32.7 Å². The van der Waals surface area contributed by atoms with Gasteiger partial charge in [-0.05, 0) is 26.7 Å². The van der Waals surface area contributed by atoms with E-state index in [0.29, 0.717) is 26.2 Å². The summed E-state index contributed by atoms with van der Waals surface area (Å²) >= 11 is 0. The number of urea groups is 1. The highest BCUT2D eigenvalue weighted by Gasteiger charge is 2.30. The van der Waals surface area contributed by atoms with Crippen LogP contribution in [0, 0.1) is 5.92 Å². The van der Waals surface area contributed by atoms with Crippen LogP contribution in [0.5, 0.6) is 0 Å². The van der Waals surface area contributed by atoms with Crippen molar-refractivity contribution in [1.82, 2.24) is 29.9 Å². The van der Waals surface area contributed by atoms with E-state index in [-0.39, 0.29) is 17.9 Å². The lowest BCUT2D eigenvalue weighted by molar-refractivity contribution is -0.136. The zero-order valence-corrected chi connectivity index (χ0v) is 13.9. The maximum Gasteiger partial charge on any atom is 0.317 e. The van der Waals surface area contributed by atoms with E-state index in [0.717, 1.165) is 25.9 Å². The number of nitrogens with one attached hydrogen (secondary N) is 1. The molecule has 0 bridgehead atoms. The van der Waals surface area contributed by atoms with Gasteiger partial charge in [0.15, 0.2) is 0 Å². The van der Waals surface area contributed by atoms with Gasteiger partial charge in [0, 0.05) is 32.7 Å². The molecule has 1 aliphatic heterocycles. The molecule has 1 aliphatic rings. The quantitative estimate of drug-likeness (QED) is 0.830. The van der Waals surface area contributed by atoms with Gasteiger partial charge in [-0.25, -0.2) is 9.78 Å². The van der Waals surface area contributed by atoms with Gasteiger partial charge in [0.2, 0.25) is 5.91 Å². The van der Waals surface area contributed by atoms with Crippen molar-refractivity contribution >= 4 is 11.9 Å². The summed E-state index contributed by atoms with van der Waals surface area (Å²) in [7, 11) is 0. The molecule has 8 heteroatoms. The molecule has 1 fully saturated rings. The lowest BCUT2D eigenvalue weighted by Crippen LogP contribution is -2.50. The summed E-state index contributed by atoms with van der Waals surface area (Å²) in [6, 6.07) is -0.109. The Balaban J connectivity index is 1.80. The fraction of sp³-hybridized carbons (Fsp3) is 0.733. The fourth-order valence-corrected chi connectivity index (χ4v) is 2.89.